The number of carbonyl (C=O) groups excluding carboxylic acids is 1. The Morgan fingerprint density at radius 1 is 1.00 bits per heavy atom. The fraction of sp³-hybridized carbons (Fsp3) is 0.680. The number of hydrogen-bond acceptors (Lipinski definition) is 2. The molecule has 1 aromatic carbocycles. The van der Waals surface area contributed by atoms with Gasteiger partial charge in [0.2, 0.25) is 5.91 Å². The van der Waals surface area contributed by atoms with Crippen molar-refractivity contribution >= 4 is 16.9 Å². The van der Waals surface area contributed by atoms with E-state index in [4.69, 9.17) is 4.98 Å². The van der Waals surface area contributed by atoms with E-state index >= 15 is 0 Å². The van der Waals surface area contributed by atoms with Gasteiger partial charge in [-0.15, -0.1) is 0 Å². The Bertz CT molecular complexity index is 802. The molecular weight excluding hydrogens is 358 g/mol. The topological polar surface area (TPSA) is 38.1 Å². The van der Waals surface area contributed by atoms with Gasteiger partial charge in [-0.2, -0.15) is 0 Å². The predicted molar refractivity (Wildman–Crippen MR) is 121 cm³/mol. The average Bonchev–Trinajstić information content (AvgIpc) is 3.24. The summed E-state index contributed by atoms with van der Waals surface area (Å²) in [5.74, 6) is 1.56. The number of carbonyl (C=O) groups is 1. The summed E-state index contributed by atoms with van der Waals surface area (Å²) >= 11 is 0. The molecule has 1 aromatic heterocycles. The Hall–Kier alpha value is -1.84. The number of hydrogen-bond donors (Lipinski definition) is 0. The lowest BCUT2D eigenvalue weighted by Crippen LogP contribution is -2.42. The van der Waals surface area contributed by atoms with Gasteiger partial charge in [0.15, 0.2) is 0 Å². The Morgan fingerprint density at radius 3 is 2.31 bits per heavy atom. The molecule has 3 rings (SSSR count). The smallest absolute Gasteiger partial charge is 0.223 e. The first-order valence-corrected chi connectivity index (χ1v) is 11.7. The lowest BCUT2D eigenvalue weighted by molar-refractivity contribution is -0.131. The molecule has 0 N–H and O–H groups in total. The number of rotatable bonds is 10. The number of aryl methyl sites for hydroxylation is 1. The largest absolute Gasteiger partial charge is 0.337 e. The molecule has 1 fully saturated rings. The standard InChI is InChI=1S/C25H39N3O/c1-5-6-7-8-9-10-11-14-17-27-22-16-13-12-15-21(22)26-24(27)20-18-23(29)28(19-20)25(2,3)4/h12-13,15-16,20H,5-11,14,17-19H2,1-4H3. The quantitative estimate of drug-likeness (QED) is 0.442. The van der Waals surface area contributed by atoms with Crippen LogP contribution in [0.3, 0.4) is 0 Å². The number of unbranched alkanes of at least 4 members (excludes halogenated alkanes) is 7. The molecule has 1 aliphatic heterocycles. The third-order valence-corrected chi connectivity index (χ3v) is 6.22. The molecule has 160 valence electrons. The van der Waals surface area contributed by atoms with Gasteiger partial charge >= 0.3 is 0 Å². The molecular formula is C25H39N3O. The molecule has 29 heavy (non-hydrogen) atoms. The van der Waals surface area contributed by atoms with Crippen molar-refractivity contribution in [1.29, 1.82) is 0 Å². The van der Waals surface area contributed by atoms with Crippen molar-refractivity contribution in [2.75, 3.05) is 6.54 Å². The van der Waals surface area contributed by atoms with Crippen LogP contribution in [0.15, 0.2) is 24.3 Å². The highest BCUT2D eigenvalue weighted by Crippen LogP contribution is 2.34. The number of amides is 1. The molecule has 0 spiro atoms. The summed E-state index contributed by atoms with van der Waals surface area (Å²) in [5, 5.41) is 0. The van der Waals surface area contributed by atoms with Crippen molar-refractivity contribution in [3.8, 4) is 0 Å². The summed E-state index contributed by atoms with van der Waals surface area (Å²) in [6, 6.07) is 8.43. The summed E-state index contributed by atoms with van der Waals surface area (Å²) in [5.41, 5.74) is 2.15. The first-order chi connectivity index (χ1) is 13.9. The maximum atomic E-state index is 12.6. The van der Waals surface area contributed by atoms with E-state index in [2.05, 4.69) is 56.5 Å². The molecule has 1 aliphatic rings. The van der Waals surface area contributed by atoms with Gasteiger partial charge < -0.3 is 9.47 Å². The first-order valence-electron chi connectivity index (χ1n) is 11.7. The highest BCUT2D eigenvalue weighted by Gasteiger charge is 2.38. The molecule has 1 amide bonds. The molecule has 1 unspecified atom stereocenters. The minimum atomic E-state index is -0.125. The summed E-state index contributed by atoms with van der Waals surface area (Å²) in [6.45, 7) is 10.4. The maximum Gasteiger partial charge on any atom is 0.223 e. The van der Waals surface area contributed by atoms with Crippen LogP contribution in [-0.4, -0.2) is 32.4 Å². The van der Waals surface area contributed by atoms with Crippen molar-refractivity contribution in [3.63, 3.8) is 0 Å². The minimum Gasteiger partial charge on any atom is -0.337 e. The monoisotopic (exact) mass is 397 g/mol. The summed E-state index contributed by atoms with van der Waals surface area (Å²) < 4.78 is 2.40. The number of aromatic nitrogens is 2. The average molecular weight is 398 g/mol. The van der Waals surface area contributed by atoms with E-state index in [9.17, 15) is 4.79 Å². The van der Waals surface area contributed by atoms with Gasteiger partial charge in [0.25, 0.3) is 0 Å². The Balaban J connectivity index is 1.66. The highest BCUT2D eigenvalue weighted by molar-refractivity contribution is 5.81. The molecule has 0 aliphatic carbocycles. The zero-order valence-electron chi connectivity index (χ0n) is 18.9. The minimum absolute atomic E-state index is 0.125. The van der Waals surface area contributed by atoms with Crippen LogP contribution in [0.5, 0.6) is 0 Å². The fourth-order valence-corrected chi connectivity index (χ4v) is 4.57. The van der Waals surface area contributed by atoms with Crippen LogP contribution in [0, 0.1) is 0 Å². The zero-order valence-corrected chi connectivity index (χ0v) is 18.9. The SMILES string of the molecule is CCCCCCCCCCn1c(C2CC(=O)N(C(C)(C)C)C2)nc2ccccc21. The maximum absolute atomic E-state index is 12.6. The predicted octanol–water partition coefficient (Wildman–Crippen LogP) is 6.29. The van der Waals surface area contributed by atoms with Gasteiger partial charge in [-0.25, -0.2) is 4.98 Å². The van der Waals surface area contributed by atoms with Crippen molar-refractivity contribution in [3.05, 3.63) is 30.1 Å². The molecule has 2 aromatic rings. The van der Waals surface area contributed by atoms with Crippen LogP contribution in [0.25, 0.3) is 11.0 Å². The number of imidazole rings is 1. The third kappa shape index (κ3) is 5.40. The Kier molecular flexibility index (Phi) is 7.37. The van der Waals surface area contributed by atoms with Gasteiger partial charge in [0.05, 0.1) is 11.0 Å². The van der Waals surface area contributed by atoms with Crippen molar-refractivity contribution < 1.29 is 4.79 Å². The molecule has 0 saturated carbocycles. The second-order valence-electron chi connectivity index (χ2n) is 9.66. The van der Waals surface area contributed by atoms with Gasteiger partial charge in [-0.1, -0.05) is 64.0 Å². The lowest BCUT2D eigenvalue weighted by atomic mass is 10.1. The van der Waals surface area contributed by atoms with Crippen LogP contribution in [-0.2, 0) is 11.3 Å². The first kappa shape index (κ1) is 21.9. The van der Waals surface area contributed by atoms with Crippen LogP contribution in [0.1, 0.15) is 97.2 Å². The van der Waals surface area contributed by atoms with Gasteiger partial charge in [-0.3, -0.25) is 4.79 Å². The second kappa shape index (κ2) is 9.77. The van der Waals surface area contributed by atoms with E-state index in [1.165, 1.54) is 56.9 Å². The van der Waals surface area contributed by atoms with Gasteiger partial charge in [0.1, 0.15) is 5.82 Å². The van der Waals surface area contributed by atoms with E-state index in [0.29, 0.717) is 6.42 Å². The van der Waals surface area contributed by atoms with Gasteiger partial charge in [-0.05, 0) is 39.3 Å². The number of para-hydroxylation sites is 2. The summed E-state index contributed by atoms with van der Waals surface area (Å²) in [7, 11) is 0. The highest BCUT2D eigenvalue weighted by atomic mass is 16.2. The normalized spacial score (nSPS) is 17.6. The van der Waals surface area contributed by atoms with Crippen LogP contribution >= 0.6 is 0 Å². The summed E-state index contributed by atoms with van der Waals surface area (Å²) in [4.78, 5) is 19.6. The number of likely N-dealkylation sites (tertiary alicyclic amines) is 1. The van der Waals surface area contributed by atoms with Crippen molar-refractivity contribution in [2.45, 2.75) is 103 Å². The van der Waals surface area contributed by atoms with E-state index < -0.39 is 0 Å². The van der Waals surface area contributed by atoms with E-state index in [1.54, 1.807) is 0 Å². The van der Waals surface area contributed by atoms with Crippen LogP contribution in [0.2, 0.25) is 0 Å². The Morgan fingerprint density at radius 2 is 1.66 bits per heavy atom. The Labute approximate surface area is 176 Å². The van der Waals surface area contributed by atoms with E-state index in [0.717, 1.165) is 24.4 Å². The second-order valence-corrected chi connectivity index (χ2v) is 9.66. The number of nitrogens with zero attached hydrogens (tertiary/aromatic N) is 3. The molecule has 4 heteroatoms. The third-order valence-electron chi connectivity index (χ3n) is 6.22. The molecule has 2 heterocycles. The fourth-order valence-electron chi connectivity index (χ4n) is 4.57. The molecule has 1 saturated heterocycles. The molecule has 0 radical (unpaired) electrons. The molecule has 4 nitrogen and oxygen atoms in total. The van der Waals surface area contributed by atoms with Gasteiger partial charge in [0, 0.05) is 31.0 Å². The number of fused-ring (bicyclic) bond motifs is 1. The zero-order chi connectivity index (χ0) is 20.9. The van der Waals surface area contributed by atoms with E-state index in [1.807, 2.05) is 4.90 Å². The molecule has 0 bridgehead atoms. The summed E-state index contributed by atoms with van der Waals surface area (Å²) in [6.07, 6.45) is 11.2. The lowest BCUT2D eigenvalue weighted by Gasteiger charge is -2.32. The van der Waals surface area contributed by atoms with Crippen molar-refractivity contribution in [1.82, 2.24) is 14.5 Å². The van der Waals surface area contributed by atoms with Crippen molar-refractivity contribution in [2.24, 2.45) is 0 Å². The van der Waals surface area contributed by atoms with E-state index in [-0.39, 0.29) is 17.4 Å². The number of benzene rings is 1. The van der Waals surface area contributed by atoms with Crippen LogP contribution < -0.4 is 0 Å². The van der Waals surface area contributed by atoms with Crippen LogP contribution in [0.4, 0.5) is 0 Å². The molecule has 1 atom stereocenters.